The zero-order chi connectivity index (χ0) is 20.9. The summed E-state index contributed by atoms with van der Waals surface area (Å²) in [5, 5.41) is 14.1. The minimum atomic E-state index is -0.606. The van der Waals surface area contributed by atoms with E-state index in [4.69, 9.17) is 16.3 Å². The number of amides is 2. The van der Waals surface area contributed by atoms with Crippen molar-refractivity contribution in [3.05, 3.63) is 38.9 Å². The molecular formula is C19H26ClN3O5. The van der Waals surface area contributed by atoms with Crippen LogP contribution < -0.4 is 5.32 Å². The van der Waals surface area contributed by atoms with Gasteiger partial charge >= 0.3 is 6.09 Å². The molecule has 2 rings (SSSR count). The van der Waals surface area contributed by atoms with Crippen molar-refractivity contribution in [2.75, 3.05) is 19.6 Å². The standard InChI is InChI=1S/C19H26ClN3O5/c1-19(2,3)28-18(25)22-10-4-5-13(12-22)8-9-21-17(24)15-11-14(20)6-7-16(15)23(26)27/h6-7,11,13H,4-5,8-10,12H2,1-3H3,(H,21,24). The normalized spacial score (nSPS) is 17.1. The Labute approximate surface area is 169 Å². The highest BCUT2D eigenvalue weighted by Gasteiger charge is 2.28. The molecule has 28 heavy (non-hydrogen) atoms. The molecule has 1 unspecified atom stereocenters. The van der Waals surface area contributed by atoms with E-state index >= 15 is 0 Å². The molecule has 0 aromatic heterocycles. The highest BCUT2D eigenvalue weighted by molar-refractivity contribution is 6.31. The Morgan fingerprint density at radius 1 is 1.39 bits per heavy atom. The van der Waals surface area contributed by atoms with E-state index < -0.39 is 16.4 Å². The quantitative estimate of drug-likeness (QED) is 0.582. The number of nitro groups is 1. The number of piperidine rings is 1. The molecule has 1 atom stereocenters. The van der Waals surface area contributed by atoms with Gasteiger partial charge in [0.15, 0.2) is 0 Å². The van der Waals surface area contributed by atoms with Gasteiger partial charge in [-0.05, 0) is 58.1 Å². The molecule has 1 fully saturated rings. The van der Waals surface area contributed by atoms with Gasteiger partial charge in [-0.2, -0.15) is 0 Å². The van der Waals surface area contributed by atoms with Gasteiger partial charge in [-0.3, -0.25) is 14.9 Å². The minimum Gasteiger partial charge on any atom is -0.444 e. The van der Waals surface area contributed by atoms with Crippen LogP contribution in [0.3, 0.4) is 0 Å². The molecule has 9 heteroatoms. The number of rotatable bonds is 5. The number of hydrogen-bond acceptors (Lipinski definition) is 5. The highest BCUT2D eigenvalue weighted by atomic mass is 35.5. The molecule has 1 heterocycles. The van der Waals surface area contributed by atoms with Gasteiger partial charge in [0.25, 0.3) is 11.6 Å². The molecule has 2 amide bonds. The molecular weight excluding hydrogens is 386 g/mol. The van der Waals surface area contributed by atoms with E-state index in [9.17, 15) is 19.7 Å². The fraction of sp³-hybridized carbons (Fsp3) is 0.579. The number of nitro benzene ring substituents is 1. The van der Waals surface area contributed by atoms with Crippen LogP contribution in [0.25, 0.3) is 0 Å². The number of halogens is 1. The van der Waals surface area contributed by atoms with Crippen LogP contribution in [0.15, 0.2) is 18.2 Å². The number of likely N-dealkylation sites (tertiary alicyclic amines) is 1. The second-order valence-electron chi connectivity index (χ2n) is 7.90. The lowest BCUT2D eigenvalue weighted by molar-refractivity contribution is -0.385. The first-order valence-corrected chi connectivity index (χ1v) is 9.64. The van der Waals surface area contributed by atoms with Crippen molar-refractivity contribution >= 4 is 29.3 Å². The maximum absolute atomic E-state index is 12.3. The zero-order valence-electron chi connectivity index (χ0n) is 16.4. The van der Waals surface area contributed by atoms with E-state index in [2.05, 4.69) is 5.32 Å². The Bertz CT molecular complexity index is 748. The Hall–Kier alpha value is -2.35. The van der Waals surface area contributed by atoms with Crippen molar-refractivity contribution in [2.24, 2.45) is 5.92 Å². The molecule has 0 bridgehead atoms. The van der Waals surface area contributed by atoms with Crippen molar-refractivity contribution < 1.29 is 19.2 Å². The first-order valence-electron chi connectivity index (χ1n) is 9.27. The molecule has 1 aromatic carbocycles. The first kappa shape index (κ1) is 21.9. The van der Waals surface area contributed by atoms with Crippen LogP contribution >= 0.6 is 11.6 Å². The predicted octanol–water partition coefficient (Wildman–Crippen LogP) is 4.02. The van der Waals surface area contributed by atoms with Crippen molar-refractivity contribution in [3.8, 4) is 0 Å². The fourth-order valence-electron chi connectivity index (χ4n) is 3.13. The van der Waals surface area contributed by atoms with Gasteiger partial charge in [0.1, 0.15) is 11.2 Å². The van der Waals surface area contributed by atoms with Gasteiger partial charge in [-0.15, -0.1) is 0 Å². The lowest BCUT2D eigenvalue weighted by Gasteiger charge is -2.34. The smallest absolute Gasteiger partial charge is 0.410 e. The Kier molecular flexibility index (Phi) is 7.23. The summed E-state index contributed by atoms with van der Waals surface area (Å²) < 4.78 is 5.41. The van der Waals surface area contributed by atoms with Gasteiger partial charge in [-0.25, -0.2) is 4.79 Å². The van der Waals surface area contributed by atoms with E-state index in [0.717, 1.165) is 12.8 Å². The molecule has 0 saturated carbocycles. The molecule has 1 aliphatic rings. The second kappa shape index (κ2) is 9.23. The van der Waals surface area contributed by atoms with Crippen LogP contribution in [0, 0.1) is 16.0 Å². The van der Waals surface area contributed by atoms with Gasteiger partial charge < -0.3 is 15.0 Å². The topological polar surface area (TPSA) is 102 Å². The average molecular weight is 412 g/mol. The minimum absolute atomic E-state index is 0.0588. The summed E-state index contributed by atoms with van der Waals surface area (Å²) in [7, 11) is 0. The summed E-state index contributed by atoms with van der Waals surface area (Å²) in [5.41, 5.74) is -0.879. The van der Waals surface area contributed by atoms with Gasteiger partial charge in [-0.1, -0.05) is 11.6 Å². The number of carbonyl (C=O) groups is 2. The first-order chi connectivity index (χ1) is 13.1. The van der Waals surface area contributed by atoms with Crippen LogP contribution in [0.1, 0.15) is 50.4 Å². The van der Waals surface area contributed by atoms with Crippen LogP contribution in [0.4, 0.5) is 10.5 Å². The number of carbonyl (C=O) groups excluding carboxylic acids is 2. The molecule has 1 aromatic rings. The maximum atomic E-state index is 12.3. The molecule has 1 N–H and O–H groups in total. The van der Waals surface area contributed by atoms with Crippen molar-refractivity contribution in [1.29, 1.82) is 0 Å². The second-order valence-corrected chi connectivity index (χ2v) is 8.33. The number of nitrogens with zero attached hydrogens (tertiary/aromatic N) is 2. The SMILES string of the molecule is CC(C)(C)OC(=O)N1CCCC(CCNC(=O)c2cc(Cl)ccc2[N+](=O)[O-])C1. The Morgan fingerprint density at radius 3 is 2.75 bits per heavy atom. The summed E-state index contributed by atoms with van der Waals surface area (Å²) in [6, 6.07) is 3.89. The van der Waals surface area contributed by atoms with Crippen LogP contribution in [-0.2, 0) is 4.74 Å². The third kappa shape index (κ3) is 6.37. The van der Waals surface area contributed by atoms with Crippen molar-refractivity contribution in [2.45, 2.75) is 45.6 Å². The predicted molar refractivity (Wildman–Crippen MR) is 106 cm³/mol. The molecule has 0 aliphatic carbocycles. The average Bonchev–Trinajstić information content (AvgIpc) is 2.60. The summed E-state index contributed by atoms with van der Waals surface area (Å²) >= 11 is 5.86. The van der Waals surface area contributed by atoms with Gasteiger partial charge in [0.2, 0.25) is 0 Å². The highest BCUT2D eigenvalue weighted by Crippen LogP contribution is 2.24. The number of ether oxygens (including phenoxy) is 1. The third-order valence-corrected chi connectivity index (χ3v) is 4.64. The molecule has 0 radical (unpaired) electrons. The number of hydrogen-bond donors (Lipinski definition) is 1. The molecule has 8 nitrogen and oxygen atoms in total. The van der Waals surface area contributed by atoms with Gasteiger partial charge in [0.05, 0.1) is 4.92 Å². The maximum Gasteiger partial charge on any atom is 0.410 e. The van der Waals surface area contributed by atoms with Crippen molar-refractivity contribution in [3.63, 3.8) is 0 Å². The molecule has 0 spiro atoms. The van der Waals surface area contributed by atoms with Gasteiger partial charge in [0, 0.05) is 30.7 Å². The Balaban J connectivity index is 1.88. The lowest BCUT2D eigenvalue weighted by Crippen LogP contribution is -2.43. The van der Waals surface area contributed by atoms with Crippen LogP contribution in [0.2, 0.25) is 5.02 Å². The number of benzene rings is 1. The molecule has 1 aliphatic heterocycles. The summed E-state index contributed by atoms with van der Waals surface area (Å²) in [4.78, 5) is 36.7. The summed E-state index contributed by atoms with van der Waals surface area (Å²) in [6.45, 7) is 7.08. The van der Waals surface area contributed by atoms with E-state index in [1.165, 1.54) is 18.2 Å². The molecule has 1 saturated heterocycles. The summed E-state index contributed by atoms with van der Waals surface area (Å²) in [5.74, 6) is -0.301. The number of nitrogens with one attached hydrogen (secondary N) is 1. The Morgan fingerprint density at radius 2 is 2.11 bits per heavy atom. The lowest BCUT2D eigenvalue weighted by atomic mass is 9.95. The zero-order valence-corrected chi connectivity index (χ0v) is 17.1. The van der Waals surface area contributed by atoms with E-state index in [1.54, 1.807) is 4.90 Å². The molecule has 154 valence electrons. The van der Waals surface area contributed by atoms with Crippen molar-refractivity contribution in [1.82, 2.24) is 10.2 Å². The van der Waals surface area contributed by atoms with Crippen LogP contribution in [0.5, 0.6) is 0 Å². The monoisotopic (exact) mass is 411 g/mol. The van der Waals surface area contributed by atoms with E-state index in [0.29, 0.717) is 26.1 Å². The third-order valence-electron chi connectivity index (χ3n) is 4.41. The van der Waals surface area contributed by atoms with E-state index in [-0.39, 0.29) is 28.3 Å². The van der Waals surface area contributed by atoms with E-state index in [1.807, 2.05) is 20.8 Å². The fourth-order valence-corrected chi connectivity index (χ4v) is 3.30. The summed E-state index contributed by atoms with van der Waals surface area (Å²) in [6.07, 6.45) is 2.17. The van der Waals surface area contributed by atoms with Crippen LogP contribution in [-0.4, -0.2) is 47.1 Å². The largest absolute Gasteiger partial charge is 0.444 e.